The molecule has 1 aliphatic heterocycles. The molecule has 0 saturated carbocycles. The summed E-state index contributed by atoms with van der Waals surface area (Å²) in [6.45, 7) is -1.30. The number of halogens is 5. The molecule has 2 N–H and O–H groups in total. The Hall–Kier alpha value is -2.39. The second kappa shape index (κ2) is 7.24. The fraction of sp³-hybridized carbons (Fsp3) is 0.467. The summed E-state index contributed by atoms with van der Waals surface area (Å²) in [5.74, 6) is -7.50. The molecule has 138 valence electrons. The first-order chi connectivity index (χ1) is 11.6. The number of benzene rings is 1. The van der Waals surface area contributed by atoms with Crippen molar-refractivity contribution in [2.45, 2.75) is 12.6 Å². The van der Waals surface area contributed by atoms with Crippen LogP contribution in [0.25, 0.3) is 0 Å². The van der Waals surface area contributed by atoms with Crippen molar-refractivity contribution in [2.75, 3.05) is 19.6 Å². The molecule has 10 heteroatoms. The number of carbonyl (C=O) groups excluding carboxylic acids is 1. The van der Waals surface area contributed by atoms with Crippen molar-refractivity contribution in [1.82, 2.24) is 10.2 Å². The van der Waals surface area contributed by atoms with Gasteiger partial charge in [0.15, 0.2) is 11.6 Å². The Balaban J connectivity index is 1.90. The zero-order valence-electron chi connectivity index (χ0n) is 12.8. The predicted octanol–water partition coefficient (Wildman–Crippen LogP) is 2.41. The smallest absolute Gasteiger partial charge is 0.394 e. The van der Waals surface area contributed by atoms with Crippen molar-refractivity contribution in [2.24, 2.45) is 11.8 Å². The van der Waals surface area contributed by atoms with E-state index in [0.29, 0.717) is 5.56 Å². The van der Waals surface area contributed by atoms with Crippen LogP contribution < -0.4 is 5.32 Å². The minimum absolute atomic E-state index is 0.0190. The van der Waals surface area contributed by atoms with Crippen molar-refractivity contribution in [3.8, 4) is 0 Å². The number of alkyl halides is 3. The molecule has 0 aromatic heterocycles. The lowest BCUT2D eigenvalue weighted by atomic mass is 9.96. The van der Waals surface area contributed by atoms with Gasteiger partial charge in [0.1, 0.15) is 0 Å². The zero-order chi connectivity index (χ0) is 18.8. The van der Waals surface area contributed by atoms with Crippen LogP contribution in [0, 0.1) is 23.5 Å². The van der Waals surface area contributed by atoms with Crippen LogP contribution in [0.1, 0.15) is 5.56 Å². The molecule has 0 spiro atoms. The molecular formula is C15H15F5N2O3. The van der Waals surface area contributed by atoms with Gasteiger partial charge in [0.25, 0.3) is 0 Å². The minimum Gasteiger partial charge on any atom is -0.481 e. The van der Waals surface area contributed by atoms with Gasteiger partial charge in [-0.1, -0.05) is 6.07 Å². The van der Waals surface area contributed by atoms with E-state index < -0.39 is 54.7 Å². The molecule has 1 saturated heterocycles. The Morgan fingerprint density at radius 1 is 1.20 bits per heavy atom. The Morgan fingerprint density at radius 2 is 1.88 bits per heavy atom. The van der Waals surface area contributed by atoms with Crippen molar-refractivity contribution >= 4 is 12.0 Å². The van der Waals surface area contributed by atoms with E-state index in [9.17, 15) is 31.5 Å². The summed E-state index contributed by atoms with van der Waals surface area (Å²) in [6.07, 6.45) is -4.58. The maximum atomic E-state index is 13.1. The van der Waals surface area contributed by atoms with Gasteiger partial charge in [-0.15, -0.1) is 0 Å². The first kappa shape index (κ1) is 18.9. The molecule has 2 amide bonds. The SMILES string of the molecule is O=C(O)[C@@H]1CN(C(=O)NCCc2ccc(F)c(F)c2)C[C@H]1C(F)(F)F. The fourth-order valence-electron chi connectivity index (χ4n) is 2.67. The van der Waals surface area contributed by atoms with Crippen LogP contribution in [0.4, 0.5) is 26.7 Å². The lowest BCUT2D eigenvalue weighted by Gasteiger charge is -2.18. The summed E-state index contributed by atoms with van der Waals surface area (Å²) in [5.41, 5.74) is 0.400. The number of likely N-dealkylation sites (tertiary alicyclic amines) is 1. The summed E-state index contributed by atoms with van der Waals surface area (Å²) >= 11 is 0. The summed E-state index contributed by atoms with van der Waals surface area (Å²) in [6, 6.07) is 2.37. The topological polar surface area (TPSA) is 69.6 Å². The molecule has 0 unspecified atom stereocenters. The number of rotatable bonds is 4. The summed E-state index contributed by atoms with van der Waals surface area (Å²) in [4.78, 5) is 23.7. The van der Waals surface area contributed by atoms with Crippen molar-refractivity contribution in [1.29, 1.82) is 0 Å². The van der Waals surface area contributed by atoms with Crippen LogP contribution in [0.3, 0.4) is 0 Å². The predicted molar refractivity (Wildman–Crippen MR) is 75.7 cm³/mol. The van der Waals surface area contributed by atoms with Crippen molar-refractivity contribution in [3.05, 3.63) is 35.4 Å². The molecule has 0 radical (unpaired) electrons. The monoisotopic (exact) mass is 366 g/mol. The molecule has 1 aromatic rings. The van der Waals surface area contributed by atoms with E-state index >= 15 is 0 Å². The quantitative estimate of drug-likeness (QED) is 0.804. The molecular weight excluding hydrogens is 351 g/mol. The number of nitrogens with zero attached hydrogens (tertiary/aromatic N) is 1. The van der Waals surface area contributed by atoms with E-state index in [0.717, 1.165) is 17.0 Å². The Morgan fingerprint density at radius 3 is 2.40 bits per heavy atom. The molecule has 1 heterocycles. The van der Waals surface area contributed by atoms with Gasteiger partial charge in [-0.3, -0.25) is 4.79 Å². The Labute approximate surface area is 139 Å². The maximum absolute atomic E-state index is 13.1. The number of amides is 2. The Bertz CT molecular complexity index is 665. The lowest BCUT2D eigenvalue weighted by molar-refractivity contribution is -0.187. The summed E-state index contributed by atoms with van der Waals surface area (Å²) in [5, 5.41) is 11.2. The van der Waals surface area contributed by atoms with E-state index in [4.69, 9.17) is 5.11 Å². The van der Waals surface area contributed by atoms with E-state index in [2.05, 4.69) is 5.32 Å². The molecule has 2 rings (SSSR count). The molecule has 1 fully saturated rings. The zero-order valence-corrected chi connectivity index (χ0v) is 12.8. The van der Waals surface area contributed by atoms with Crippen LogP contribution in [-0.2, 0) is 11.2 Å². The number of hydrogen-bond donors (Lipinski definition) is 2. The number of carboxylic acids is 1. The van der Waals surface area contributed by atoms with Crippen LogP contribution in [-0.4, -0.2) is 47.8 Å². The molecule has 2 atom stereocenters. The van der Waals surface area contributed by atoms with E-state index in [1.807, 2.05) is 0 Å². The second-order valence-electron chi connectivity index (χ2n) is 5.73. The van der Waals surface area contributed by atoms with E-state index in [1.165, 1.54) is 6.07 Å². The Kier molecular flexibility index (Phi) is 5.48. The van der Waals surface area contributed by atoms with Gasteiger partial charge in [0.05, 0.1) is 11.8 Å². The maximum Gasteiger partial charge on any atom is 0.394 e. The van der Waals surface area contributed by atoms with Gasteiger partial charge < -0.3 is 15.3 Å². The first-order valence-electron chi connectivity index (χ1n) is 7.36. The van der Waals surface area contributed by atoms with Gasteiger partial charge in [-0.05, 0) is 24.1 Å². The van der Waals surface area contributed by atoms with Gasteiger partial charge in [0.2, 0.25) is 0 Å². The van der Waals surface area contributed by atoms with Gasteiger partial charge >= 0.3 is 18.2 Å². The largest absolute Gasteiger partial charge is 0.481 e. The van der Waals surface area contributed by atoms with Crippen LogP contribution in [0.15, 0.2) is 18.2 Å². The second-order valence-corrected chi connectivity index (χ2v) is 5.73. The van der Waals surface area contributed by atoms with E-state index in [1.54, 1.807) is 0 Å². The van der Waals surface area contributed by atoms with Gasteiger partial charge in [-0.2, -0.15) is 13.2 Å². The number of carbonyl (C=O) groups is 2. The highest BCUT2D eigenvalue weighted by Gasteiger charge is 2.53. The third kappa shape index (κ3) is 4.58. The molecule has 1 aliphatic rings. The highest BCUT2D eigenvalue weighted by atomic mass is 19.4. The molecule has 0 bridgehead atoms. The molecule has 25 heavy (non-hydrogen) atoms. The highest BCUT2D eigenvalue weighted by Crippen LogP contribution is 2.37. The number of hydrogen-bond acceptors (Lipinski definition) is 2. The summed E-state index contributed by atoms with van der Waals surface area (Å²) in [7, 11) is 0. The van der Waals surface area contributed by atoms with Gasteiger partial charge in [-0.25, -0.2) is 13.6 Å². The number of carboxylic acid groups (broad SMARTS) is 1. The lowest BCUT2D eigenvalue weighted by Crippen LogP contribution is -2.40. The third-order valence-corrected chi connectivity index (χ3v) is 4.02. The first-order valence-corrected chi connectivity index (χ1v) is 7.36. The van der Waals surface area contributed by atoms with Gasteiger partial charge in [0, 0.05) is 19.6 Å². The number of aliphatic carboxylic acids is 1. The number of urea groups is 1. The molecule has 1 aromatic carbocycles. The molecule has 5 nitrogen and oxygen atoms in total. The minimum atomic E-state index is -4.72. The van der Waals surface area contributed by atoms with Crippen molar-refractivity contribution in [3.63, 3.8) is 0 Å². The third-order valence-electron chi connectivity index (χ3n) is 4.02. The molecule has 0 aliphatic carbocycles. The normalized spacial score (nSPS) is 20.6. The fourth-order valence-corrected chi connectivity index (χ4v) is 2.67. The van der Waals surface area contributed by atoms with E-state index in [-0.39, 0.29) is 13.0 Å². The average Bonchev–Trinajstić information content (AvgIpc) is 2.96. The summed E-state index contributed by atoms with van der Waals surface area (Å²) < 4.78 is 64.4. The highest BCUT2D eigenvalue weighted by molar-refractivity contribution is 5.77. The number of nitrogens with one attached hydrogen (secondary N) is 1. The average molecular weight is 366 g/mol. The van der Waals surface area contributed by atoms with Crippen LogP contribution >= 0.6 is 0 Å². The standard InChI is InChI=1S/C15H15F5N2O3/c16-11-2-1-8(5-12(11)17)3-4-21-14(25)22-6-9(13(23)24)10(7-22)15(18,19)20/h1-2,5,9-10H,3-4,6-7H2,(H,21,25)(H,23,24)/t9-,10-/m1/s1. The van der Waals surface area contributed by atoms with Crippen molar-refractivity contribution < 1.29 is 36.6 Å². The van der Waals surface area contributed by atoms with Crippen LogP contribution in [0.5, 0.6) is 0 Å². The van der Waals surface area contributed by atoms with Crippen LogP contribution in [0.2, 0.25) is 0 Å².